The van der Waals surface area contributed by atoms with Gasteiger partial charge in [-0.1, -0.05) is 157 Å². The zero-order valence-corrected chi connectivity index (χ0v) is 70.8. The molecule has 24 aliphatic carbocycles. The van der Waals surface area contributed by atoms with Crippen molar-refractivity contribution in [1.82, 2.24) is 4.90 Å². The van der Waals surface area contributed by atoms with Crippen molar-refractivity contribution in [3.8, 4) is 0 Å². The van der Waals surface area contributed by atoms with Crippen molar-refractivity contribution in [3.63, 3.8) is 0 Å². The number of hydrogen-bond donors (Lipinski definition) is 0. The zero-order chi connectivity index (χ0) is 71.9. The lowest BCUT2D eigenvalue weighted by atomic mass is 9.52. The fraction of sp³-hybridized carbons (Fsp3) is 0.927. The summed E-state index contributed by atoms with van der Waals surface area (Å²) in [6.45, 7) is 0. The quantitative estimate of drug-likeness (QED) is 0.222. The van der Waals surface area contributed by atoms with Crippen LogP contribution in [0.15, 0.2) is 48.1 Å². The van der Waals surface area contributed by atoms with E-state index in [4.69, 9.17) is 0 Å². The summed E-state index contributed by atoms with van der Waals surface area (Å²) in [6.07, 6.45) is 114. The first-order valence-corrected chi connectivity index (χ1v) is 53.0. The van der Waals surface area contributed by atoms with E-state index in [1.807, 2.05) is 5.57 Å². The fourth-order valence-electron chi connectivity index (χ4n) is 43.9. The van der Waals surface area contributed by atoms with Gasteiger partial charge in [-0.2, -0.15) is 0 Å². The van der Waals surface area contributed by atoms with E-state index in [0.29, 0.717) is 10.8 Å². The van der Waals surface area contributed by atoms with Crippen molar-refractivity contribution in [2.24, 2.45) is 230 Å². The third-order valence-electron chi connectivity index (χ3n) is 46.7. The number of allylic oxidation sites excluding steroid dienone is 8. The Morgan fingerprint density at radius 3 is 1.38 bits per heavy atom. The van der Waals surface area contributed by atoms with Crippen molar-refractivity contribution in [2.45, 2.75) is 397 Å². The molecule has 35 unspecified atom stereocenters. The van der Waals surface area contributed by atoms with Crippen LogP contribution < -0.4 is 0 Å². The molecule has 24 aliphatic rings. The van der Waals surface area contributed by atoms with E-state index in [1.165, 1.54) is 25.7 Å². The first kappa shape index (κ1) is 72.9. The van der Waals surface area contributed by atoms with E-state index >= 15 is 0 Å². The van der Waals surface area contributed by atoms with E-state index in [0.717, 1.165) is 237 Å². The van der Waals surface area contributed by atoms with Crippen molar-refractivity contribution < 1.29 is 0 Å². The van der Waals surface area contributed by atoms with E-state index in [9.17, 15) is 0 Å². The van der Waals surface area contributed by atoms with Crippen molar-refractivity contribution in [3.05, 3.63) is 48.1 Å². The van der Waals surface area contributed by atoms with Crippen molar-refractivity contribution in [1.29, 1.82) is 0 Å². The van der Waals surface area contributed by atoms with Gasteiger partial charge in [0.15, 0.2) is 0 Å². The smallest absolute Gasteiger partial charge is 0.0132 e. The Hall–Kier alpha value is -1.08. The standard InChI is InChI=1S/C109H165N/c1-2-19-67(20-3-1)68-43-51-79(52-44-68)110(80-53-45-69(46-54-80)72-41-42-78-61-77-21-4-5-22-81(77)95(78)62-72)106-60-59-82(83-29-18-30-92(83)106)70-37-39-71(40-38-70)107-93-57-49-73(75-47-55-90-88-27-10-16-35-102(88)108(104(90)65-75)98-31-12-6-23-84(98)85-24-7-13-32-99(85)108)63-96(93)97-64-74(50-58-94(97)107)76-48-56-91-89-28-11-17-36-103(89)109(105(91)66-76)100-33-14-8-25-86(100)87-26-9-15-34-101(87)109/h6,8,12,14,23,25,31,67-85,87-107H,1-5,7,9-11,13,15-22,24,26-30,32-66H2. The second-order valence-corrected chi connectivity index (χ2v) is 48.6. The largest absolute Gasteiger partial charge is 0.294 e. The Morgan fingerprint density at radius 2 is 0.682 bits per heavy atom. The van der Waals surface area contributed by atoms with Gasteiger partial charge in [0.1, 0.15) is 0 Å². The van der Waals surface area contributed by atoms with E-state index in [-0.39, 0.29) is 0 Å². The second-order valence-electron chi connectivity index (χ2n) is 48.6. The first-order chi connectivity index (χ1) is 54.5. The maximum atomic E-state index is 3.55. The van der Waals surface area contributed by atoms with Gasteiger partial charge in [-0.3, -0.25) is 4.90 Å². The van der Waals surface area contributed by atoms with Crippen LogP contribution in [-0.4, -0.2) is 23.0 Å². The molecule has 0 aromatic carbocycles. The van der Waals surface area contributed by atoms with Crippen LogP contribution in [0.1, 0.15) is 379 Å². The van der Waals surface area contributed by atoms with Gasteiger partial charge in [-0.15, -0.1) is 0 Å². The van der Waals surface area contributed by atoms with Crippen LogP contribution in [0.25, 0.3) is 0 Å². The highest BCUT2D eigenvalue weighted by molar-refractivity contribution is 5.37. The molecule has 24 rings (SSSR count). The maximum Gasteiger partial charge on any atom is 0.0132 e. The molecule has 0 aliphatic heterocycles. The topological polar surface area (TPSA) is 3.24 Å². The molecular weight excluding hydrogens is 1320 g/mol. The molecule has 0 radical (unpaired) electrons. The molecule has 2 spiro atoms. The molecule has 0 heterocycles. The third kappa shape index (κ3) is 11.6. The highest BCUT2D eigenvalue weighted by Crippen LogP contribution is 2.80. The number of rotatable bonds is 9. The summed E-state index contributed by atoms with van der Waals surface area (Å²) < 4.78 is 0. The average Bonchev–Trinajstić information content (AvgIpc) is 1.51. The Kier molecular flexibility index (Phi) is 19.9. The monoisotopic (exact) mass is 1490 g/mol. The summed E-state index contributed by atoms with van der Waals surface area (Å²) in [4.78, 5) is 3.55. The molecule has 22 fully saturated rings. The number of fused-ring (bicyclic) bond motifs is 27. The SMILES string of the molecule is C1=CCC2C(=C1)C1CCCCC1C21C2CCCCC2C2CCC(C3CCC4C(C3)C3CC(C5CCC6C7CCCCC7C7(C8C=CC=CC8C8CCCCC87)C6C5)CCC3C4C3CCC(C4CCC(N(C5CCC(C6CCCCC6)CC5)C5CCC(C6CCC7CC8CCCCC8C7C6)CC5)C5CCCC45)CC3)CC21. The second kappa shape index (κ2) is 30.0. The minimum absolute atomic E-state index is 0.634. The molecule has 606 valence electrons. The highest BCUT2D eigenvalue weighted by Gasteiger charge is 2.74. The third-order valence-corrected chi connectivity index (χ3v) is 46.7. The molecule has 0 N–H and O–H groups in total. The molecule has 1 nitrogen and oxygen atoms in total. The van der Waals surface area contributed by atoms with E-state index < -0.39 is 0 Å². The normalized spacial score (nSPS) is 56.7. The Morgan fingerprint density at radius 1 is 0.245 bits per heavy atom. The summed E-state index contributed by atoms with van der Waals surface area (Å²) in [5.74, 6) is 38.9. The van der Waals surface area contributed by atoms with Crippen LogP contribution in [0.2, 0.25) is 0 Å². The van der Waals surface area contributed by atoms with Gasteiger partial charge in [-0.25, -0.2) is 0 Å². The van der Waals surface area contributed by atoms with Crippen LogP contribution in [0.3, 0.4) is 0 Å². The van der Waals surface area contributed by atoms with Crippen LogP contribution in [0, 0.1) is 230 Å². The van der Waals surface area contributed by atoms with Gasteiger partial charge in [-0.05, 0) is 499 Å². The summed E-state index contributed by atoms with van der Waals surface area (Å²) in [7, 11) is 0. The first-order valence-electron chi connectivity index (χ1n) is 53.0. The Labute approximate surface area is 675 Å². The van der Waals surface area contributed by atoms with Crippen molar-refractivity contribution in [2.75, 3.05) is 0 Å². The predicted molar refractivity (Wildman–Crippen MR) is 455 cm³/mol. The van der Waals surface area contributed by atoms with Crippen LogP contribution in [0.4, 0.5) is 0 Å². The lowest BCUT2D eigenvalue weighted by Gasteiger charge is -2.55. The van der Waals surface area contributed by atoms with Gasteiger partial charge in [0, 0.05) is 18.1 Å². The van der Waals surface area contributed by atoms with Gasteiger partial charge < -0.3 is 0 Å². The molecule has 0 aromatic heterocycles. The molecule has 0 aromatic rings. The molecule has 1 heteroatoms. The minimum Gasteiger partial charge on any atom is -0.294 e. The van der Waals surface area contributed by atoms with E-state index in [2.05, 4.69) is 47.4 Å². The zero-order valence-electron chi connectivity index (χ0n) is 70.8. The van der Waals surface area contributed by atoms with Crippen LogP contribution in [-0.2, 0) is 0 Å². The predicted octanol–water partition coefficient (Wildman–Crippen LogP) is 29.1. The Bertz CT molecular complexity index is 3250. The highest BCUT2D eigenvalue weighted by atomic mass is 15.2. The maximum absolute atomic E-state index is 3.55. The van der Waals surface area contributed by atoms with Crippen LogP contribution >= 0.6 is 0 Å². The molecule has 0 amide bonds. The van der Waals surface area contributed by atoms with Gasteiger partial charge in [0.05, 0.1) is 0 Å². The molecule has 22 saturated carbocycles. The van der Waals surface area contributed by atoms with Crippen LogP contribution in [0.5, 0.6) is 0 Å². The lowest BCUT2D eigenvalue weighted by Crippen LogP contribution is -2.57. The molecule has 35 atom stereocenters. The summed E-state index contributed by atoms with van der Waals surface area (Å²) in [6, 6.07) is 2.75. The molecular formula is C109H165N. The summed E-state index contributed by atoms with van der Waals surface area (Å²) >= 11 is 0. The van der Waals surface area contributed by atoms with Gasteiger partial charge in [0.2, 0.25) is 0 Å². The summed E-state index contributed by atoms with van der Waals surface area (Å²) in [5.41, 5.74) is 3.31. The minimum atomic E-state index is 0.634. The lowest BCUT2D eigenvalue weighted by molar-refractivity contribution is -0.0535. The average molecular weight is 1490 g/mol. The summed E-state index contributed by atoms with van der Waals surface area (Å²) in [5, 5.41) is 0. The number of nitrogens with zero attached hydrogens (tertiary/aromatic N) is 1. The number of hydrogen-bond acceptors (Lipinski definition) is 1. The van der Waals surface area contributed by atoms with E-state index in [1.54, 1.807) is 353 Å². The molecule has 110 heavy (non-hydrogen) atoms. The van der Waals surface area contributed by atoms with Crippen molar-refractivity contribution >= 4 is 0 Å². The van der Waals surface area contributed by atoms with Gasteiger partial charge in [0.25, 0.3) is 0 Å². The van der Waals surface area contributed by atoms with Gasteiger partial charge >= 0.3 is 0 Å². The molecule has 0 bridgehead atoms. The Balaban J connectivity index is 0.491. The fourth-order valence-corrected chi connectivity index (χ4v) is 43.9. The molecule has 0 saturated heterocycles.